The van der Waals surface area contributed by atoms with E-state index >= 15 is 0 Å². The maximum absolute atomic E-state index is 13.1. The highest BCUT2D eigenvalue weighted by Crippen LogP contribution is 2.30. The van der Waals surface area contributed by atoms with Crippen molar-refractivity contribution in [2.75, 3.05) is 6.61 Å². The summed E-state index contributed by atoms with van der Waals surface area (Å²) in [5.74, 6) is 0.0301. The van der Waals surface area contributed by atoms with Gasteiger partial charge in [0.25, 0.3) is 5.56 Å². The number of ether oxygens (including phenoxy) is 1. The third kappa shape index (κ3) is 4.25. The number of carbonyl (C=O) groups is 1. The summed E-state index contributed by atoms with van der Waals surface area (Å²) in [5.41, 5.74) is 12.2. The van der Waals surface area contributed by atoms with Crippen LogP contribution in [0.15, 0.2) is 23.0 Å². The molecule has 1 heterocycles. The van der Waals surface area contributed by atoms with Gasteiger partial charge < -0.3 is 20.8 Å². The van der Waals surface area contributed by atoms with E-state index in [-0.39, 0.29) is 17.5 Å². The van der Waals surface area contributed by atoms with Gasteiger partial charge in [-0.3, -0.25) is 9.59 Å². The summed E-state index contributed by atoms with van der Waals surface area (Å²) in [5, 5.41) is 1.09. The van der Waals surface area contributed by atoms with Gasteiger partial charge in [-0.15, -0.1) is 0 Å². The molecule has 0 saturated heterocycles. The Bertz CT molecular complexity index is 863. The van der Waals surface area contributed by atoms with E-state index in [9.17, 15) is 9.59 Å². The number of carbonyl (C=O) groups excluding carboxylic acids is 1. The number of nitrogens with zero attached hydrogens (tertiary/aromatic N) is 1. The fraction of sp³-hybridized carbons (Fsp3) is 0.500. The summed E-state index contributed by atoms with van der Waals surface area (Å²) < 4.78 is 7.74. The summed E-state index contributed by atoms with van der Waals surface area (Å²) in [6, 6.07) is 4.84. The average molecular weight is 359 g/mol. The summed E-state index contributed by atoms with van der Waals surface area (Å²) in [6.45, 7) is 9.50. The van der Waals surface area contributed by atoms with Crippen molar-refractivity contribution in [1.29, 1.82) is 0 Å². The Balaban J connectivity index is 2.80. The molecule has 0 fully saturated rings. The van der Waals surface area contributed by atoms with Gasteiger partial charge in [-0.1, -0.05) is 34.1 Å². The number of fused-ring (bicyclic) bond motifs is 1. The number of aromatic nitrogens is 1. The molecule has 6 nitrogen and oxygen atoms in total. The lowest BCUT2D eigenvalue weighted by Gasteiger charge is -2.25. The highest BCUT2D eigenvalue weighted by Gasteiger charge is 2.21. The van der Waals surface area contributed by atoms with Crippen LogP contribution in [0.2, 0.25) is 0 Å². The fourth-order valence-electron chi connectivity index (χ4n) is 2.94. The predicted molar refractivity (Wildman–Crippen MR) is 104 cm³/mol. The SMILES string of the molecule is CCCCOc1c(CN)n(CC(C)(C)C)c(=O)c2ccc(C(N)=O)cc12. The first-order valence-electron chi connectivity index (χ1n) is 9.01. The van der Waals surface area contributed by atoms with Crippen molar-refractivity contribution in [2.24, 2.45) is 16.9 Å². The van der Waals surface area contributed by atoms with E-state index < -0.39 is 5.91 Å². The minimum atomic E-state index is -0.542. The molecule has 6 heteroatoms. The van der Waals surface area contributed by atoms with Gasteiger partial charge in [0.05, 0.1) is 17.7 Å². The standard InChI is InChI=1S/C20H29N3O3/c1-5-6-9-26-17-15-10-13(18(22)24)7-8-14(15)19(25)23(16(17)11-21)12-20(2,3)4/h7-8,10H,5-6,9,11-12,21H2,1-4H3,(H2,22,24). The van der Waals surface area contributed by atoms with Crippen molar-refractivity contribution < 1.29 is 9.53 Å². The molecule has 1 aromatic carbocycles. The van der Waals surface area contributed by atoms with Crippen LogP contribution in [-0.2, 0) is 13.1 Å². The monoisotopic (exact) mass is 359 g/mol. The third-order valence-electron chi connectivity index (χ3n) is 4.18. The number of rotatable bonds is 7. The minimum Gasteiger partial charge on any atom is -0.491 e. The second kappa shape index (κ2) is 7.91. The topological polar surface area (TPSA) is 100 Å². The van der Waals surface area contributed by atoms with Gasteiger partial charge in [0.15, 0.2) is 0 Å². The van der Waals surface area contributed by atoms with Gasteiger partial charge in [-0.25, -0.2) is 0 Å². The lowest BCUT2D eigenvalue weighted by atomic mass is 9.96. The maximum Gasteiger partial charge on any atom is 0.258 e. The zero-order chi connectivity index (χ0) is 19.5. The first kappa shape index (κ1) is 20.0. The van der Waals surface area contributed by atoms with Gasteiger partial charge in [0.1, 0.15) is 5.75 Å². The van der Waals surface area contributed by atoms with Crippen LogP contribution in [0.25, 0.3) is 10.8 Å². The lowest BCUT2D eigenvalue weighted by Crippen LogP contribution is -2.31. The van der Waals surface area contributed by atoms with Crippen LogP contribution in [0, 0.1) is 5.41 Å². The van der Waals surface area contributed by atoms with Crippen LogP contribution in [0.4, 0.5) is 0 Å². The smallest absolute Gasteiger partial charge is 0.258 e. The highest BCUT2D eigenvalue weighted by atomic mass is 16.5. The molecule has 1 amide bonds. The number of benzene rings is 1. The number of hydrogen-bond donors (Lipinski definition) is 2. The molecule has 0 saturated carbocycles. The van der Waals surface area contributed by atoms with Crippen molar-refractivity contribution in [3.8, 4) is 5.75 Å². The third-order valence-corrected chi connectivity index (χ3v) is 4.18. The zero-order valence-corrected chi connectivity index (χ0v) is 16.1. The van der Waals surface area contributed by atoms with Crippen LogP contribution in [0.3, 0.4) is 0 Å². The molecular weight excluding hydrogens is 330 g/mol. The van der Waals surface area contributed by atoms with Crippen molar-refractivity contribution in [1.82, 2.24) is 4.57 Å². The Morgan fingerprint density at radius 2 is 1.92 bits per heavy atom. The summed E-state index contributed by atoms with van der Waals surface area (Å²) in [7, 11) is 0. The zero-order valence-electron chi connectivity index (χ0n) is 16.1. The number of unbranched alkanes of at least 4 members (excludes halogenated alkanes) is 1. The second-order valence-corrected chi connectivity index (χ2v) is 7.76. The number of amides is 1. The molecule has 0 aliphatic carbocycles. The Morgan fingerprint density at radius 3 is 2.46 bits per heavy atom. The molecule has 0 radical (unpaired) electrons. The largest absolute Gasteiger partial charge is 0.491 e. The van der Waals surface area contributed by atoms with Crippen molar-refractivity contribution in [3.63, 3.8) is 0 Å². The molecule has 0 spiro atoms. The van der Waals surface area contributed by atoms with E-state index in [2.05, 4.69) is 27.7 Å². The minimum absolute atomic E-state index is 0.102. The molecule has 142 valence electrons. The molecule has 0 aliphatic heterocycles. The Hall–Kier alpha value is -2.34. The van der Waals surface area contributed by atoms with Crippen molar-refractivity contribution in [3.05, 3.63) is 39.8 Å². The number of hydrogen-bond acceptors (Lipinski definition) is 4. The van der Waals surface area contributed by atoms with E-state index in [1.54, 1.807) is 22.8 Å². The van der Waals surface area contributed by atoms with E-state index in [0.29, 0.717) is 40.9 Å². The van der Waals surface area contributed by atoms with E-state index in [4.69, 9.17) is 16.2 Å². The van der Waals surface area contributed by atoms with Crippen LogP contribution < -0.4 is 21.8 Å². The van der Waals surface area contributed by atoms with Gasteiger partial charge in [-0.2, -0.15) is 0 Å². The Labute approximate surface area is 154 Å². The van der Waals surface area contributed by atoms with Crippen molar-refractivity contribution in [2.45, 2.75) is 53.6 Å². The van der Waals surface area contributed by atoms with E-state index in [0.717, 1.165) is 12.8 Å². The predicted octanol–water partition coefficient (Wildman–Crippen LogP) is 2.78. The van der Waals surface area contributed by atoms with Crippen LogP contribution >= 0.6 is 0 Å². The summed E-state index contributed by atoms with van der Waals surface area (Å²) >= 11 is 0. The van der Waals surface area contributed by atoms with Crippen LogP contribution in [0.1, 0.15) is 56.6 Å². The molecule has 0 unspecified atom stereocenters. The van der Waals surface area contributed by atoms with E-state index in [1.165, 1.54) is 0 Å². The molecule has 26 heavy (non-hydrogen) atoms. The van der Waals surface area contributed by atoms with Crippen LogP contribution in [0.5, 0.6) is 5.75 Å². The molecule has 2 aromatic rings. The second-order valence-electron chi connectivity index (χ2n) is 7.76. The normalized spacial score (nSPS) is 11.7. The first-order chi connectivity index (χ1) is 12.2. The van der Waals surface area contributed by atoms with Crippen molar-refractivity contribution >= 4 is 16.7 Å². The molecule has 0 aliphatic rings. The quantitative estimate of drug-likeness (QED) is 0.742. The van der Waals surface area contributed by atoms with E-state index in [1.807, 2.05) is 0 Å². The molecule has 4 N–H and O–H groups in total. The number of primary amides is 1. The van der Waals surface area contributed by atoms with Gasteiger partial charge in [0.2, 0.25) is 5.91 Å². The maximum atomic E-state index is 13.1. The molecule has 2 rings (SSSR count). The molecule has 0 bridgehead atoms. The summed E-state index contributed by atoms with van der Waals surface area (Å²) in [6.07, 6.45) is 1.88. The lowest BCUT2D eigenvalue weighted by molar-refractivity contribution is 0.100. The summed E-state index contributed by atoms with van der Waals surface area (Å²) in [4.78, 5) is 24.7. The highest BCUT2D eigenvalue weighted by molar-refractivity contribution is 5.99. The van der Waals surface area contributed by atoms with Crippen LogP contribution in [-0.4, -0.2) is 17.1 Å². The Morgan fingerprint density at radius 1 is 1.23 bits per heavy atom. The molecule has 0 atom stereocenters. The first-order valence-corrected chi connectivity index (χ1v) is 9.01. The van der Waals surface area contributed by atoms with Gasteiger partial charge in [-0.05, 0) is 30.0 Å². The number of nitrogens with two attached hydrogens (primary N) is 2. The van der Waals surface area contributed by atoms with Gasteiger partial charge in [0, 0.05) is 24.0 Å². The fourth-order valence-corrected chi connectivity index (χ4v) is 2.94. The molecule has 1 aromatic heterocycles. The number of pyridine rings is 1. The van der Waals surface area contributed by atoms with Gasteiger partial charge >= 0.3 is 0 Å². The molecular formula is C20H29N3O3. The average Bonchev–Trinajstić information content (AvgIpc) is 2.57. The Kier molecular flexibility index (Phi) is 6.08.